The number of benzene rings is 1. The van der Waals surface area contributed by atoms with E-state index >= 15 is 0 Å². The average Bonchev–Trinajstić information content (AvgIpc) is 3.40. The van der Waals surface area contributed by atoms with Gasteiger partial charge in [-0.1, -0.05) is 32.9 Å². The number of carbonyl (C=O) groups is 1. The summed E-state index contributed by atoms with van der Waals surface area (Å²) >= 11 is 0. The van der Waals surface area contributed by atoms with Gasteiger partial charge in [0.15, 0.2) is 0 Å². The summed E-state index contributed by atoms with van der Waals surface area (Å²) in [6, 6.07) is 14.1. The van der Waals surface area contributed by atoms with Crippen LogP contribution in [-0.2, 0) is 12.5 Å². The molecule has 0 aliphatic carbocycles. The predicted octanol–water partition coefficient (Wildman–Crippen LogP) is 5.07. The predicted molar refractivity (Wildman–Crippen MR) is 126 cm³/mol. The lowest BCUT2D eigenvalue weighted by Crippen LogP contribution is -2.32. The Kier molecular flexibility index (Phi) is 5.80. The number of ether oxygens (including phenoxy) is 1. The highest BCUT2D eigenvalue weighted by atomic mass is 16.5. The topological polar surface area (TPSA) is 60.2 Å². The van der Waals surface area contributed by atoms with Gasteiger partial charge in [0, 0.05) is 24.7 Å². The van der Waals surface area contributed by atoms with Gasteiger partial charge < -0.3 is 9.64 Å². The van der Waals surface area contributed by atoms with E-state index in [0.29, 0.717) is 5.69 Å². The molecule has 0 bridgehead atoms. The molecule has 0 spiro atoms. The van der Waals surface area contributed by atoms with E-state index in [9.17, 15) is 4.79 Å². The molecule has 0 radical (unpaired) electrons. The van der Waals surface area contributed by atoms with Gasteiger partial charge in [-0.2, -0.15) is 5.10 Å². The van der Waals surface area contributed by atoms with Crippen LogP contribution < -0.4 is 4.74 Å². The number of nitrogens with zero attached hydrogens (tertiary/aromatic N) is 4. The molecule has 0 unspecified atom stereocenters. The highest BCUT2D eigenvalue weighted by Crippen LogP contribution is 2.35. The third-order valence-electron chi connectivity index (χ3n) is 6.10. The second kappa shape index (κ2) is 8.41. The van der Waals surface area contributed by atoms with E-state index in [-0.39, 0.29) is 17.4 Å². The fourth-order valence-corrected chi connectivity index (χ4v) is 4.33. The summed E-state index contributed by atoms with van der Waals surface area (Å²) in [7, 11) is 3.52. The first kappa shape index (κ1) is 22.1. The fraction of sp³-hybridized carbons (Fsp3) is 0.423. The van der Waals surface area contributed by atoms with Crippen molar-refractivity contribution in [2.75, 3.05) is 13.7 Å². The second-order valence-corrected chi connectivity index (χ2v) is 9.60. The lowest BCUT2D eigenvalue weighted by atomic mass is 9.92. The Labute approximate surface area is 190 Å². The molecule has 1 aromatic carbocycles. The molecule has 6 nitrogen and oxygen atoms in total. The van der Waals surface area contributed by atoms with Crippen LogP contribution in [0.5, 0.6) is 5.75 Å². The van der Waals surface area contributed by atoms with Crippen molar-refractivity contribution in [2.45, 2.75) is 52.0 Å². The molecular formula is C26H32N4O2. The monoisotopic (exact) mass is 432 g/mol. The highest BCUT2D eigenvalue weighted by Gasteiger charge is 2.34. The summed E-state index contributed by atoms with van der Waals surface area (Å²) in [6.45, 7) is 9.06. The first-order valence-corrected chi connectivity index (χ1v) is 11.2. The van der Waals surface area contributed by atoms with Crippen molar-refractivity contribution in [3.05, 3.63) is 65.2 Å². The van der Waals surface area contributed by atoms with Crippen molar-refractivity contribution < 1.29 is 9.53 Å². The maximum absolute atomic E-state index is 13.5. The van der Waals surface area contributed by atoms with E-state index in [0.717, 1.165) is 53.3 Å². The molecule has 1 aliphatic rings. The molecular weight excluding hydrogens is 400 g/mol. The van der Waals surface area contributed by atoms with Crippen molar-refractivity contribution in [1.82, 2.24) is 19.7 Å². The molecule has 0 saturated carbocycles. The number of carbonyl (C=O) groups excluding carboxylic acids is 1. The zero-order chi connectivity index (χ0) is 23.0. The Balaban J connectivity index is 1.67. The molecule has 1 fully saturated rings. The van der Waals surface area contributed by atoms with E-state index in [1.807, 2.05) is 43.1 Å². The van der Waals surface area contributed by atoms with Gasteiger partial charge in [0.25, 0.3) is 5.91 Å². The SMILES string of the molecule is COc1cccc(-c2cc(C)nc([C@H]3CCCN3C(=O)c3cc(C(C)(C)C)nn3C)c2)c1. The Hall–Kier alpha value is -3.15. The average molecular weight is 433 g/mol. The van der Waals surface area contributed by atoms with E-state index in [1.165, 1.54) is 0 Å². The van der Waals surface area contributed by atoms with Gasteiger partial charge in [-0.15, -0.1) is 0 Å². The number of aryl methyl sites for hydroxylation is 2. The van der Waals surface area contributed by atoms with E-state index in [4.69, 9.17) is 9.72 Å². The van der Waals surface area contributed by atoms with Gasteiger partial charge >= 0.3 is 0 Å². The molecule has 3 heterocycles. The van der Waals surface area contributed by atoms with Gasteiger partial charge in [-0.25, -0.2) is 0 Å². The number of methoxy groups -OCH3 is 1. The fourth-order valence-electron chi connectivity index (χ4n) is 4.33. The Morgan fingerprint density at radius 3 is 2.59 bits per heavy atom. The third-order valence-corrected chi connectivity index (χ3v) is 6.10. The zero-order valence-corrected chi connectivity index (χ0v) is 19.8. The van der Waals surface area contributed by atoms with Crippen molar-refractivity contribution >= 4 is 5.91 Å². The zero-order valence-electron chi connectivity index (χ0n) is 19.8. The molecule has 1 atom stereocenters. The van der Waals surface area contributed by atoms with E-state index in [2.05, 4.69) is 44.1 Å². The first-order valence-electron chi connectivity index (χ1n) is 11.2. The number of aromatic nitrogens is 3. The smallest absolute Gasteiger partial charge is 0.272 e. The van der Waals surface area contributed by atoms with Gasteiger partial charge in [-0.3, -0.25) is 14.5 Å². The normalized spacial score (nSPS) is 16.4. The van der Waals surface area contributed by atoms with Crippen LogP contribution in [0.25, 0.3) is 11.1 Å². The second-order valence-electron chi connectivity index (χ2n) is 9.60. The Bertz CT molecular complexity index is 1140. The third kappa shape index (κ3) is 4.27. The van der Waals surface area contributed by atoms with Gasteiger partial charge in [0.2, 0.25) is 0 Å². The largest absolute Gasteiger partial charge is 0.497 e. The Morgan fingerprint density at radius 2 is 1.91 bits per heavy atom. The molecule has 32 heavy (non-hydrogen) atoms. The van der Waals surface area contributed by atoms with Crippen LogP contribution in [0, 0.1) is 6.92 Å². The summed E-state index contributed by atoms with van der Waals surface area (Å²) in [4.78, 5) is 20.3. The van der Waals surface area contributed by atoms with Crippen LogP contribution in [-0.4, -0.2) is 39.2 Å². The lowest BCUT2D eigenvalue weighted by Gasteiger charge is -2.25. The quantitative estimate of drug-likeness (QED) is 0.577. The number of pyridine rings is 1. The van der Waals surface area contributed by atoms with Crippen LogP contribution in [0.15, 0.2) is 42.5 Å². The van der Waals surface area contributed by atoms with Crippen molar-refractivity contribution in [2.24, 2.45) is 7.05 Å². The maximum Gasteiger partial charge on any atom is 0.272 e. The van der Waals surface area contributed by atoms with Crippen molar-refractivity contribution in [1.29, 1.82) is 0 Å². The first-order chi connectivity index (χ1) is 15.2. The lowest BCUT2D eigenvalue weighted by molar-refractivity contribution is 0.0721. The molecule has 1 aliphatic heterocycles. The highest BCUT2D eigenvalue weighted by molar-refractivity contribution is 5.93. The minimum Gasteiger partial charge on any atom is -0.497 e. The maximum atomic E-state index is 13.5. The van der Waals surface area contributed by atoms with Crippen LogP contribution >= 0.6 is 0 Å². The van der Waals surface area contributed by atoms with E-state index in [1.54, 1.807) is 11.8 Å². The molecule has 4 rings (SSSR count). The van der Waals surface area contributed by atoms with Crippen molar-refractivity contribution in [3.63, 3.8) is 0 Å². The molecule has 1 amide bonds. The van der Waals surface area contributed by atoms with Crippen LogP contribution in [0.4, 0.5) is 0 Å². The number of amides is 1. The van der Waals surface area contributed by atoms with Crippen LogP contribution in [0.1, 0.15) is 67.2 Å². The number of hydrogen-bond acceptors (Lipinski definition) is 4. The summed E-state index contributed by atoms with van der Waals surface area (Å²) < 4.78 is 7.11. The van der Waals surface area contributed by atoms with E-state index < -0.39 is 0 Å². The van der Waals surface area contributed by atoms with Crippen LogP contribution in [0.3, 0.4) is 0 Å². The molecule has 3 aromatic rings. The number of likely N-dealkylation sites (tertiary alicyclic amines) is 1. The van der Waals surface area contributed by atoms with Gasteiger partial charge in [-0.05, 0) is 61.2 Å². The summed E-state index contributed by atoms with van der Waals surface area (Å²) in [5.41, 5.74) is 5.48. The minimum absolute atomic E-state index is 0.0178. The minimum atomic E-state index is -0.107. The summed E-state index contributed by atoms with van der Waals surface area (Å²) in [6.07, 6.45) is 1.87. The molecule has 2 aromatic heterocycles. The number of hydrogen-bond donors (Lipinski definition) is 0. The van der Waals surface area contributed by atoms with Crippen LogP contribution in [0.2, 0.25) is 0 Å². The number of rotatable bonds is 4. The standard InChI is InChI=1S/C26H32N4O2/c1-17-13-19(18-9-7-10-20(14-18)32-6)15-21(27-17)22-11-8-12-30(22)25(31)23-16-24(26(2,3)4)28-29(23)5/h7,9-10,13-16,22H,8,11-12H2,1-6H3/t22-/m1/s1. The molecule has 168 valence electrons. The molecule has 0 N–H and O–H groups in total. The Morgan fingerprint density at radius 1 is 1.12 bits per heavy atom. The summed E-state index contributed by atoms with van der Waals surface area (Å²) in [5.74, 6) is 0.839. The van der Waals surface area contributed by atoms with Crippen molar-refractivity contribution in [3.8, 4) is 16.9 Å². The van der Waals surface area contributed by atoms with Gasteiger partial charge in [0.1, 0.15) is 11.4 Å². The summed E-state index contributed by atoms with van der Waals surface area (Å²) in [5, 5.41) is 4.60. The molecule has 6 heteroatoms. The molecule has 1 saturated heterocycles. The van der Waals surface area contributed by atoms with Gasteiger partial charge in [0.05, 0.1) is 24.5 Å².